The van der Waals surface area contributed by atoms with Crippen LogP contribution in [0.1, 0.15) is 52.4 Å². The Kier molecular flexibility index (Phi) is 4.70. The lowest BCUT2D eigenvalue weighted by molar-refractivity contribution is -0.133. The zero-order chi connectivity index (χ0) is 13.5. The van der Waals surface area contributed by atoms with Crippen LogP contribution in [0.15, 0.2) is 0 Å². The minimum Gasteiger partial charge on any atom is -0.342 e. The van der Waals surface area contributed by atoms with Crippen LogP contribution >= 0.6 is 12.4 Å². The first-order valence-electron chi connectivity index (χ1n) is 8.02. The van der Waals surface area contributed by atoms with Crippen molar-refractivity contribution in [3.8, 4) is 0 Å². The molecule has 1 aliphatic carbocycles. The molecule has 1 spiro atoms. The standard InChI is InChI=1S/C16H28N2O.ClH/c1-15(2)4-3-10-18(11-7-15)14(19)13-12-16(13)5-8-17-9-6-16;/h13,17H,3-12H2,1-2H3;1H. The highest BCUT2D eigenvalue weighted by molar-refractivity contribution is 5.85. The van der Waals surface area contributed by atoms with Gasteiger partial charge in [-0.2, -0.15) is 0 Å². The van der Waals surface area contributed by atoms with E-state index in [-0.39, 0.29) is 12.4 Å². The summed E-state index contributed by atoms with van der Waals surface area (Å²) in [5.41, 5.74) is 0.815. The average molecular weight is 301 g/mol. The second kappa shape index (κ2) is 5.84. The van der Waals surface area contributed by atoms with E-state index < -0.39 is 0 Å². The first-order chi connectivity index (χ1) is 9.03. The molecule has 4 heteroatoms. The molecular formula is C16H29ClN2O. The first kappa shape index (κ1) is 16.1. The van der Waals surface area contributed by atoms with E-state index in [1.165, 1.54) is 32.1 Å². The molecule has 20 heavy (non-hydrogen) atoms. The summed E-state index contributed by atoms with van der Waals surface area (Å²) in [7, 11) is 0. The molecule has 0 aromatic heterocycles. The fourth-order valence-electron chi connectivity index (χ4n) is 4.04. The van der Waals surface area contributed by atoms with E-state index in [1.54, 1.807) is 0 Å². The number of halogens is 1. The summed E-state index contributed by atoms with van der Waals surface area (Å²) >= 11 is 0. The number of hydrogen-bond donors (Lipinski definition) is 1. The van der Waals surface area contributed by atoms with Crippen LogP contribution in [0.25, 0.3) is 0 Å². The van der Waals surface area contributed by atoms with E-state index in [4.69, 9.17) is 0 Å². The summed E-state index contributed by atoms with van der Waals surface area (Å²) in [4.78, 5) is 14.9. The minimum atomic E-state index is 0. The molecule has 1 amide bonds. The van der Waals surface area contributed by atoms with Crippen LogP contribution in [0.3, 0.4) is 0 Å². The summed E-state index contributed by atoms with van der Waals surface area (Å²) < 4.78 is 0. The van der Waals surface area contributed by atoms with Crippen LogP contribution in [0.5, 0.6) is 0 Å². The fourth-order valence-corrected chi connectivity index (χ4v) is 4.04. The molecule has 1 atom stereocenters. The van der Waals surface area contributed by atoms with E-state index in [0.29, 0.717) is 22.7 Å². The summed E-state index contributed by atoms with van der Waals surface area (Å²) in [5.74, 6) is 0.829. The number of nitrogens with one attached hydrogen (secondary N) is 1. The molecule has 0 aromatic rings. The molecule has 3 nitrogen and oxygen atoms in total. The van der Waals surface area contributed by atoms with Gasteiger partial charge in [-0.15, -0.1) is 12.4 Å². The molecule has 0 bridgehead atoms. The molecule has 3 rings (SSSR count). The summed E-state index contributed by atoms with van der Waals surface area (Å²) in [5, 5.41) is 3.42. The van der Waals surface area contributed by atoms with E-state index in [1.807, 2.05) is 0 Å². The van der Waals surface area contributed by atoms with Gasteiger partial charge in [-0.1, -0.05) is 13.8 Å². The maximum Gasteiger partial charge on any atom is 0.226 e. The second-order valence-corrected chi connectivity index (χ2v) is 7.71. The molecule has 3 aliphatic rings. The van der Waals surface area contributed by atoms with Gasteiger partial charge >= 0.3 is 0 Å². The van der Waals surface area contributed by atoms with Gasteiger partial charge in [0.2, 0.25) is 5.91 Å². The number of hydrogen-bond acceptors (Lipinski definition) is 2. The number of carbonyl (C=O) groups excluding carboxylic acids is 1. The Morgan fingerprint density at radius 3 is 2.50 bits per heavy atom. The van der Waals surface area contributed by atoms with Crippen molar-refractivity contribution in [2.24, 2.45) is 16.7 Å². The van der Waals surface area contributed by atoms with Crippen LogP contribution in [0.4, 0.5) is 0 Å². The van der Waals surface area contributed by atoms with Crippen molar-refractivity contribution >= 4 is 18.3 Å². The highest BCUT2D eigenvalue weighted by atomic mass is 35.5. The number of amides is 1. The van der Waals surface area contributed by atoms with Gasteiger partial charge in [-0.05, 0) is 62.4 Å². The van der Waals surface area contributed by atoms with Crippen molar-refractivity contribution in [3.05, 3.63) is 0 Å². The SMILES string of the molecule is CC1(C)CCCN(C(=O)C2CC23CCNCC3)CC1.Cl. The van der Waals surface area contributed by atoms with Gasteiger partial charge in [0.15, 0.2) is 0 Å². The lowest BCUT2D eigenvalue weighted by atomic mass is 9.85. The van der Waals surface area contributed by atoms with Gasteiger partial charge in [-0.25, -0.2) is 0 Å². The van der Waals surface area contributed by atoms with Crippen LogP contribution < -0.4 is 5.32 Å². The van der Waals surface area contributed by atoms with Crippen molar-refractivity contribution in [2.75, 3.05) is 26.2 Å². The Labute approximate surface area is 129 Å². The topological polar surface area (TPSA) is 32.3 Å². The van der Waals surface area contributed by atoms with Crippen LogP contribution in [-0.4, -0.2) is 37.0 Å². The molecule has 3 fully saturated rings. The van der Waals surface area contributed by atoms with Crippen molar-refractivity contribution < 1.29 is 4.79 Å². The molecular weight excluding hydrogens is 272 g/mol. The van der Waals surface area contributed by atoms with Crippen molar-refractivity contribution in [1.29, 1.82) is 0 Å². The van der Waals surface area contributed by atoms with E-state index in [9.17, 15) is 4.79 Å². The van der Waals surface area contributed by atoms with Gasteiger partial charge in [0.25, 0.3) is 0 Å². The molecule has 116 valence electrons. The maximum absolute atomic E-state index is 12.7. The van der Waals surface area contributed by atoms with Crippen molar-refractivity contribution in [2.45, 2.75) is 52.4 Å². The van der Waals surface area contributed by atoms with Crippen LogP contribution in [-0.2, 0) is 4.79 Å². The third-order valence-electron chi connectivity index (χ3n) is 5.74. The molecule has 1 N–H and O–H groups in total. The predicted molar refractivity (Wildman–Crippen MR) is 84.1 cm³/mol. The maximum atomic E-state index is 12.7. The van der Waals surface area contributed by atoms with E-state index in [0.717, 1.165) is 32.6 Å². The van der Waals surface area contributed by atoms with E-state index >= 15 is 0 Å². The molecule has 2 saturated heterocycles. The smallest absolute Gasteiger partial charge is 0.226 e. The predicted octanol–water partition coefficient (Wildman–Crippen LogP) is 2.84. The average Bonchev–Trinajstić information content (AvgIpc) is 3.09. The Morgan fingerprint density at radius 2 is 1.80 bits per heavy atom. The van der Waals surface area contributed by atoms with Crippen molar-refractivity contribution in [1.82, 2.24) is 10.2 Å². The molecule has 1 saturated carbocycles. The van der Waals surface area contributed by atoms with Crippen LogP contribution in [0, 0.1) is 16.7 Å². The first-order valence-corrected chi connectivity index (χ1v) is 8.02. The van der Waals surface area contributed by atoms with Gasteiger partial charge in [-0.3, -0.25) is 4.79 Å². The molecule has 1 unspecified atom stereocenters. The number of nitrogens with zero attached hydrogens (tertiary/aromatic N) is 1. The largest absolute Gasteiger partial charge is 0.342 e. The molecule has 0 aromatic carbocycles. The van der Waals surface area contributed by atoms with E-state index in [2.05, 4.69) is 24.1 Å². The zero-order valence-corrected chi connectivity index (χ0v) is 13.7. The Hall–Kier alpha value is -0.280. The normalized spacial score (nSPS) is 31.3. The number of rotatable bonds is 1. The zero-order valence-electron chi connectivity index (χ0n) is 12.9. The fraction of sp³-hybridized carbons (Fsp3) is 0.938. The van der Waals surface area contributed by atoms with Gasteiger partial charge in [0, 0.05) is 19.0 Å². The Morgan fingerprint density at radius 1 is 1.10 bits per heavy atom. The lowest BCUT2D eigenvalue weighted by Gasteiger charge is -2.27. The third-order valence-corrected chi connectivity index (χ3v) is 5.74. The second-order valence-electron chi connectivity index (χ2n) is 7.71. The Bertz CT molecular complexity index is 363. The third kappa shape index (κ3) is 3.14. The molecule has 0 radical (unpaired) electrons. The lowest BCUT2D eigenvalue weighted by Crippen LogP contribution is -2.37. The van der Waals surface area contributed by atoms with Gasteiger partial charge in [0.05, 0.1) is 0 Å². The van der Waals surface area contributed by atoms with Crippen LogP contribution in [0.2, 0.25) is 0 Å². The highest BCUT2D eigenvalue weighted by Crippen LogP contribution is 2.59. The number of piperidine rings is 1. The highest BCUT2D eigenvalue weighted by Gasteiger charge is 2.58. The summed E-state index contributed by atoms with van der Waals surface area (Å²) in [6, 6.07) is 0. The number of carbonyl (C=O) groups is 1. The molecule has 2 heterocycles. The summed E-state index contributed by atoms with van der Waals surface area (Å²) in [6.07, 6.45) is 7.19. The summed E-state index contributed by atoms with van der Waals surface area (Å²) in [6.45, 7) is 8.87. The molecule has 2 aliphatic heterocycles. The monoisotopic (exact) mass is 300 g/mol. The van der Waals surface area contributed by atoms with Crippen molar-refractivity contribution in [3.63, 3.8) is 0 Å². The van der Waals surface area contributed by atoms with Gasteiger partial charge < -0.3 is 10.2 Å². The van der Waals surface area contributed by atoms with Gasteiger partial charge in [0.1, 0.15) is 0 Å². The quantitative estimate of drug-likeness (QED) is 0.807. The number of likely N-dealkylation sites (tertiary alicyclic amines) is 1. The Balaban J connectivity index is 0.00000147. The minimum absolute atomic E-state index is 0.